The molecule has 104 valence electrons. The fourth-order valence-electron chi connectivity index (χ4n) is 2.19. The highest BCUT2D eigenvalue weighted by Crippen LogP contribution is 2.29. The lowest BCUT2D eigenvalue weighted by atomic mass is 10.3. The monoisotopic (exact) mass is 292 g/mol. The number of hydrogen-bond donors (Lipinski definition) is 2. The van der Waals surface area contributed by atoms with Crippen LogP contribution >= 0.6 is 11.3 Å². The topological polar surface area (TPSA) is 71.2 Å². The van der Waals surface area contributed by atoms with Gasteiger partial charge in [-0.25, -0.2) is 9.37 Å². The van der Waals surface area contributed by atoms with Crippen molar-refractivity contribution in [3.63, 3.8) is 0 Å². The van der Waals surface area contributed by atoms with Crippen LogP contribution in [0.3, 0.4) is 0 Å². The highest BCUT2D eigenvalue weighted by atomic mass is 32.1. The highest BCUT2D eigenvalue weighted by molar-refractivity contribution is 7.15. The maximum absolute atomic E-state index is 13.4. The summed E-state index contributed by atoms with van der Waals surface area (Å²) in [4.78, 5) is 19.2. The fraction of sp³-hybridized carbons (Fsp3) is 0.231. The average molecular weight is 292 g/mol. The van der Waals surface area contributed by atoms with Gasteiger partial charge in [0.1, 0.15) is 5.82 Å². The summed E-state index contributed by atoms with van der Waals surface area (Å²) in [5.74, 6) is -0.672. The number of hydrogen-bond acceptors (Lipinski definition) is 5. The molecule has 0 saturated heterocycles. The molecule has 0 spiro atoms. The van der Waals surface area contributed by atoms with E-state index in [2.05, 4.69) is 10.3 Å². The van der Waals surface area contributed by atoms with Gasteiger partial charge in [-0.1, -0.05) is 12.1 Å². The van der Waals surface area contributed by atoms with Gasteiger partial charge in [0.05, 0.1) is 17.9 Å². The van der Waals surface area contributed by atoms with E-state index >= 15 is 0 Å². The van der Waals surface area contributed by atoms with Crippen molar-refractivity contribution in [1.82, 2.24) is 9.88 Å². The van der Waals surface area contributed by atoms with Gasteiger partial charge in [0.15, 0.2) is 5.13 Å². The van der Waals surface area contributed by atoms with Crippen molar-refractivity contribution in [2.75, 3.05) is 17.6 Å². The number of carbonyl (C=O) groups is 1. The van der Waals surface area contributed by atoms with E-state index < -0.39 is 5.82 Å². The van der Waals surface area contributed by atoms with Crippen LogP contribution in [-0.4, -0.2) is 22.3 Å². The molecule has 0 fully saturated rings. The Kier molecular flexibility index (Phi) is 3.37. The molecule has 1 aliphatic rings. The molecule has 0 unspecified atom stereocenters. The number of halogens is 1. The van der Waals surface area contributed by atoms with Gasteiger partial charge in [-0.2, -0.15) is 0 Å². The molecule has 2 aromatic rings. The van der Waals surface area contributed by atoms with Crippen molar-refractivity contribution in [1.29, 1.82) is 0 Å². The number of amides is 1. The van der Waals surface area contributed by atoms with Gasteiger partial charge in [0.2, 0.25) is 5.91 Å². The summed E-state index contributed by atoms with van der Waals surface area (Å²) >= 11 is 1.45. The molecule has 1 amide bonds. The quantitative estimate of drug-likeness (QED) is 0.905. The zero-order chi connectivity index (χ0) is 14.1. The first-order valence-corrected chi connectivity index (χ1v) is 6.94. The number of fused-ring (bicyclic) bond motifs is 1. The fourth-order valence-corrected chi connectivity index (χ4v) is 3.07. The lowest BCUT2D eigenvalue weighted by Gasteiger charge is -2.14. The number of carbonyl (C=O) groups excluding carboxylic acids is 1. The SMILES string of the molecule is Nc1nc2c(s1)CN(CC(=O)Nc1ccccc1F)C2. The Morgan fingerprint density at radius 2 is 2.25 bits per heavy atom. The summed E-state index contributed by atoms with van der Waals surface area (Å²) in [7, 11) is 0. The maximum Gasteiger partial charge on any atom is 0.238 e. The molecule has 3 N–H and O–H groups in total. The standard InChI is InChI=1S/C13H13FN4OS/c14-8-3-1-2-4-9(8)16-12(19)7-18-5-10-11(6-18)20-13(15)17-10/h1-4H,5-7H2,(H2,15,17)(H,16,19). The Labute approximate surface area is 119 Å². The normalized spacial score (nSPS) is 14.2. The summed E-state index contributed by atoms with van der Waals surface area (Å²) in [6.07, 6.45) is 0. The van der Waals surface area contributed by atoms with Crippen molar-refractivity contribution >= 4 is 28.1 Å². The Morgan fingerprint density at radius 1 is 1.45 bits per heavy atom. The first kappa shape index (κ1) is 13.0. The largest absolute Gasteiger partial charge is 0.375 e. The summed E-state index contributed by atoms with van der Waals surface area (Å²) in [5.41, 5.74) is 6.76. The Hall–Kier alpha value is -1.99. The zero-order valence-electron chi connectivity index (χ0n) is 10.6. The molecule has 2 heterocycles. The van der Waals surface area contributed by atoms with Crippen LogP contribution < -0.4 is 11.1 Å². The van der Waals surface area contributed by atoms with Gasteiger partial charge in [0.25, 0.3) is 0 Å². The molecule has 1 aromatic carbocycles. The molecule has 0 radical (unpaired) electrons. The lowest BCUT2D eigenvalue weighted by molar-refractivity contribution is -0.117. The second-order valence-corrected chi connectivity index (χ2v) is 5.71. The van der Waals surface area contributed by atoms with Crippen LogP contribution in [0.5, 0.6) is 0 Å². The molecule has 20 heavy (non-hydrogen) atoms. The second-order valence-electron chi connectivity index (χ2n) is 4.60. The van der Waals surface area contributed by atoms with Crippen molar-refractivity contribution in [2.45, 2.75) is 13.1 Å². The lowest BCUT2D eigenvalue weighted by Crippen LogP contribution is -2.29. The molecule has 3 rings (SSSR count). The number of anilines is 2. The van der Waals surface area contributed by atoms with Crippen LogP contribution in [0.4, 0.5) is 15.2 Å². The van der Waals surface area contributed by atoms with E-state index in [1.54, 1.807) is 12.1 Å². The third kappa shape index (κ3) is 2.63. The number of aromatic nitrogens is 1. The number of rotatable bonds is 3. The third-order valence-corrected chi connectivity index (χ3v) is 3.96. The smallest absolute Gasteiger partial charge is 0.238 e. The summed E-state index contributed by atoms with van der Waals surface area (Å²) in [6, 6.07) is 6.12. The predicted molar refractivity (Wildman–Crippen MR) is 75.7 cm³/mol. The number of nitrogens with zero attached hydrogens (tertiary/aromatic N) is 2. The Morgan fingerprint density at radius 3 is 3.00 bits per heavy atom. The Bertz CT molecular complexity index is 634. The van der Waals surface area contributed by atoms with E-state index in [0.29, 0.717) is 18.2 Å². The van der Waals surface area contributed by atoms with E-state index in [4.69, 9.17) is 5.73 Å². The van der Waals surface area contributed by atoms with Crippen LogP contribution in [-0.2, 0) is 17.9 Å². The average Bonchev–Trinajstić information content (AvgIpc) is 2.88. The third-order valence-electron chi connectivity index (χ3n) is 3.05. The molecule has 1 aliphatic heterocycles. The summed E-state index contributed by atoms with van der Waals surface area (Å²) in [5, 5.41) is 3.13. The molecule has 0 saturated carbocycles. The van der Waals surface area contributed by atoms with Crippen LogP contribution in [0, 0.1) is 5.82 Å². The summed E-state index contributed by atoms with van der Waals surface area (Å²) in [6.45, 7) is 1.47. The van der Waals surface area contributed by atoms with Gasteiger partial charge in [-0.15, -0.1) is 11.3 Å². The minimum Gasteiger partial charge on any atom is -0.375 e. The highest BCUT2D eigenvalue weighted by Gasteiger charge is 2.24. The van der Waals surface area contributed by atoms with Crippen LogP contribution in [0.15, 0.2) is 24.3 Å². The van der Waals surface area contributed by atoms with Crippen molar-refractivity contribution < 1.29 is 9.18 Å². The number of nitrogens with two attached hydrogens (primary N) is 1. The minimum atomic E-state index is -0.434. The molecule has 0 atom stereocenters. The molecular weight excluding hydrogens is 279 g/mol. The van der Waals surface area contributed by atoms with Crippen molar-refractivity contribution in [3.05, 3.63) is 40.7 Å². The molecule has 7 heteroatoms. The first-order chi connectivity index (χ1) is 9.61. The molecule has 1 aromatic heterocycles. The second kappa shape index (κ2) is 5.18. The van der Waals surface area contributed by atoms with E-state index in [-0.39, 0.29) is 18.1 Å². The van der Waals surface area contributed by atoms with Gasteiger partial charge < -0.3 is 11.1 Å². The van der Waals surface area contributed by atoms with E-state index in [1.807, 2.05) is 4.90 Å². The van der Waals surface area contributed by atoms with Crippen LogP contribution in [0.2, 0.25) is 0 Å². The number of nitrogen functional groups attached to an aromatic ring is 1. The number of para-hydroxylation sites is 1. The molecule has 5 nitrogen and oxygen atoms in total. The molecule has 0 bridgehead atoms. The summed E-state index contributed by atoms with van der Waals surface area (Å²) < 4.78 is 13.4. The van der Waals surface area contributed by atoms with Gasteiger partial charge in [-0.05, 0) is 12.1 Å². The van der Waals surface area contributed by atoms with Crippen LogP contribution in [0.1, 0.15) is 10.6 Å². The first-order valence-electron chi connectivity index (χ1n) is 6.12. The number of thiazole rings is 1. The predicted octanol–water partition coefficient (Wildman–Crippen LogP) is 1.82. The van der Waals surface area contributed by atoms with E-state index in [0.717, 1.165) is 10.6 Å². The van der Waals surface area contributed by atoms with E-state index in [1.165, 1.54) is 23.5 Å². The minimum absolute atomic E-state index is 0.203. The zero-order valence-corrected chi connectivity index (χ0v) is 11.4. The van der Waals surface area contributed by atoms with Crippen LogP contribution in [0.25, 0.3) is 0 Å². The Balaban J connectivity index is 1.58. The molecule has 0 aliphatic carbocycles. The number of benzene rings is 1. The maximum atomic E-state index is 13.4. The van der Waals surface area contributed by atoms with Crippen molar-refractivity contribution in [2.24, 2.45) is 0 Å². The van der Waals surface area contributed by atoms with Crippen molar-refractivity contribution in [3.8, 4) is 0 Å². The van der Waals surface area contributed by atoms with Gasteiger partial charge in [0, 0.05) is 18.0 Å². The van der Waals surface area contributed by atoms with Gasteiger partial charge in [-0.3, -0.25) is 9.69 Å². The van der Waals surface area contributed by atoms with E-state index in [9.17, 15) is 9.18 Å². The molecular formula is C13H13FN4OS. The number of nitrogens with one attached hydrogen (secondary N) is 1. The van der Waals surface area contributed by atoms with Gasteiger partial charge >= 0.3 is 0 Å².